The smallest absolute Gasteiger partial charge is 0.245 e. The Bertz CT molecular complexity index is 653. The number of amides is 5. The molecule has 0 aliphatic rings. The van der Waals surface area contributed by atoms with Crippen LogP contribution in [-0.4, -0.2) is 85.3 Å². The summed E-state index contributed by atoms with van der Waals surface area (Å²) in [6.07, 6.45) is 1.73. The molecule has 0 aromatic carbocycles. The molecule has 0 aliphatic carbocycles. The summed E-state index contributed by atoms with van der Waals surface area (Å²) in [6.45, 7) is 3.14. The molecule has 3 atom stereocenters. The van der Waals surface area contributed by atoms with Crippen molar-refractivity contribution in [2.45, 2.75) is 45.3 Å². The van der Waals surface area contributed by atoms with E-state index in [2.05, 4.69) is 26.6 Å². The van der Waals surface area contributed by atoms with Gasteiger partial charge in [0.25, 0.3) is 0 Å². The minimum atomic E-state index is -1.37. The van der Waals surface area contributed by atoms with Crippen LogP contribution < -0.4 is 32.3 Å². The molecule has 31 heavy (non-hydrogen) atoms. The maximum Gasteiger partial charge on any atom is 0.245 e. The topological polar surface area (TPSA) is 209 Å². The van der Waals surface area contributed by atoms with E-state index in [0.717, 1.165) is 0 Å². The van der Waals surface area contributed by atoms with Gasteiger partial charge >= 0.3 is 0 Å². The highest BCUT2D eigenvalue weighted by Crippen LogP contribution is 2.06. The van der Waals surface area contributed by atoms with E-state index in [4.69, 9.17) is 5.73 Å². The molecule has 0 rings (SSSR count). The van der Waals surface area contributed by atoms with E-state index >= 15 is 0 Å². The third-order valence-electron chi connectivity index (χ3n) is 3.80. The van der Waals surface area contributed by atoms with E-state index < -0.39 is 67.4 Å². The van der Waals surface area contributed by atoms with Crippen LogP contribution >= 0.6 is 0 Å². The predicted octanol–water partition coefficient (Wildman–Crippen LogP) is -4.20. The zero-order valence-corrected chi connectivity index (χ0v) is 17.8. The number of hydrogen-bond donors (Lipinski definition) is 7. The first kappa shape index (κ1) is 27.9. The third-order valence-corrected chi connectivity index (χ3v) is 3.80. The summed E-state index contributed by atoms with van der Waals surface area (Å²) >= 11 is 0. The number of nitrogens with two attached hydrogens (primary N) is 1. The summed E-state index contributed by atoms with van der Waals surface area (Å²) in [6, 6.07) is -3.17. The van der Waals surface area contributed by atoms with Gasteiger partial charge in [-0.3, -0.25) is 28.8 Å². The first-order valence-electron chi connectivity index (χ1n) is 9.65. The molecule has 0 bridgehead atoms. The quantitative estimate of drug-likeness (QED) is 0.140. The van der Waals surface area contributed by atoms with Crippen LogP contribution in [-0.2, 0) is 28.8 Å². The van der Waals surface area contributed by atoms with Gasteiger partial charge in [0.1, 0.15) is 12.1 Å². The van der Waals surface area contributed by atoms with Gasteiger partial charge in [0.2, 0.25) is 35.8 Å². The van der Waals surface area contributed by atoms with E-state index in [1.165, 1.54) is 13.2 Å². The fourth-order valence-corrected chi connectivity index (χ4v) is 2.20. The van der Waals surface area contributed by atoms with Crippen LogP contribution in [0, 0.1) is 5.92 Å². The minimum absolute atomic E-state index is 0.0378. The van der Waals surface area contributed by atoms with Crippen LogP contribution in [0.15, 0.2) is 0 Å². The lowest BCUT2D eigenvalue weighted by Gasteiger charge is -2.23. The molecule has 13 nitrogen and oxygen atoms in total. The lowest BCUT2D eigenvalue weighted by atomic mass is 10.0. The van der Waals surface area contributed by atoms with Crippen LogP contribution in [0.25, 0.3) is 0 Å². The highest BCUT2D eigenvalue weighted by Gasteiger charge is 2.27. The Hall–Kier alpha value is -3.06. The molecule has 1 radical (unpaired) electrons. The number of aliphatic hydroxyl groups excluding tert-OH is 1. The van der Waals surface area contributed by atoms with Gasteiger partial charge in [-0.1, -0.05) is 13.8 Å². The Morgan fingerprint density at radius 3 is 1.90 bits per heavy atom. The molecule has 5 amide bonds. The zero-order chi connectivity index (χ0) is 24.0. The van der Waals surface area contributed by atoms with Crippen molar-refractivity contribution in [3.05, 3.63) is 0 Å². The van der Waals surface area contributed by atoms with Crippen molar-refractivity contribution in [2.75, 3.05) is 26.2 Å². The Kier molecular flexibility index (Phi) is 13.4. The second-order valence-electron chi connectivity index (χ2n) is 7.14. The van der Waals surface area contributed by atoms with Crippen LogP contribution in [0.3, 0.4) is 0 Å². The van der Waals surface area contributed by atoms with Gasteiger partial charge in [0.05, 0.1) is 32.3 Å². The Balaban J connectivity index is 4.72. The summed E-state index contributed by atoms with van der Waals surface area (Å²) < 4.78 is 0. The number of hydrogen-bond acceptors (Lipinski definition) is 8. The van der Waals surface area contributed by atoms with Crippen molar-refractivity contribution < 1.29 is 33.9 Å². The molecular weight excluding hydrogens is 412 g/mol. The maximum atomic E-state index is 12.5. The molecular formula is C18H31N6O7. The molecule has 0 fully saturated rings. The SMILES string of the molecule is CC(C)C[C@H](NC(=O)[C@H](C)N)C(=O)N[C@@H](CO)C(=O)NCC(=O)NCC(=O)NC[C]=O. The monoisotopic (exact) mass is 443 g/mol. The van der Waals surface area contributed by atoms with Gasteiger partial charge in [0.15, 0.2) is 0 Å². The number of carbonyl (C=O) groups excluding carboxylic acids is 6. The fraction of sp³-hybridized carbons (Fsp3) is 0.667. The first-order chi connectivity index (χ1) is 14.5. The highest BCUT2D eigenvalue weighted by atomic mass is 16.3. The molecule has 13 heteroatoms. The van der Waals surface area contributed by atoms with Crippen LogP contribution in [0.2, 0.25) is 0 Å². The van der Waals surface area contributed by atoms with Gasteiger partial charge in [-0.25, -0.2) is 0 Å². The molecule has 0 saturated heterocycles. The summed E-state index contributed by atoms with van der Waals surface area (Å²) in [5.74, 6) is -3.36. The predicted molar refractivity (Wildman–Crippen MR) is 109 cm³/mol. The minimum Gasteiger partial charge on any atom is -0.394 e. The van der Waals surface area contributed by atoms with Gasteiger partial charge in [-0.15, -0.1) is 0 Å². The largest absolute Gasteiger partial charge is 0.394 e. The number of carbonyl (C=O) groups is 5. The summed E-state index contributed by atoms with van der Waals surface area (Å²) in [5.41, 5.74) is 5.50. The standard InChI is InChI=1S/C18H31N6O7/c1-10(2)6-12(23-16(29)11(3)19)18(31)24-13(9-26)17(30)22-8-15(28)21-7-14(27)20-4-5-25/h10-13,26H,4,6-9,19H2,1-3H3,(H,20,27)(H,21,28)(H,22,30)(H,23,29)(H,24,31)/t11-,12-,13-/m0/s1. The molecule has 0 aromatic rings. The van der Waals surface area contributed by atoms with E-state index in [-0.39, 0.29) is 18.9 Å². The van der Waals surface area contributed by atoms with Crippen molar-refractivity contribution in [2.24, 2.45) is 11.7 Å². The van der Waals surface area contributed by atoms with Crippen LogP contribution in [0.1, 0.15) is 27.2 Å². The van der Waals surface area contributed by atoms with Crippen molar-refractivity contribution >= 4 is 35.8 Å². The number of aliphatic hydroxyl groups is 1. The van der Waals surface area contributed by atoms with Gasteiger partial charge in [-0.2, -0.15) is 0 Å². The average molecular weight is 443 g/mol. The van der Waals surface area contributed by atoms with E-state index in [1.54, 1.807) is 0 Å². The van der Waals surface area contributed by atoms with Crippen molar-refractivity contribution in [3.63, 3.8) is 0 Å². The maximum absolute atomic E-state index is 12.5. The molecule has 8 N–H and O–H groups in total. The molecule has 0 aliphatic heterocycles. The van der Waals surface area contributed by atoms with E-state index in [1.807, 2.05) is 13.8 Å². The van der Waals surface area contributed by atoms with Crippen molar-refractivity contribution in [1.82, 2.24) is 26.6 Å². The molecule has 175 valence electrons. The third kappa shape index (κ3) is 12.3. The summed E-state index contributed by atoms with van der Waals surface area (Å²) in [7, 11) is 0. The van der Waals surface area contributed by atoms with Gasteiger partial charge in [-0.05, 0) is 19.3 Å². The summed E-state index contributed by atoms with van der Waals surface area (Å²) in [5, 5.41) is 20.8. The van der Waals surface area contributed by atoms with Crippen molar-refractivity contribution in [3.8, 4) is 0 Å². The van der Waals surface area contributed by atoms with Crippen molar-refractivity contribution in [1.29, 1.82) is 0 Å². The van der Waals surface area contributed by atoms with Crippen LogP contribution in [0.4, 0.5) is 0 Å². The van der Waals surface area contributed by atoms with Gasteiger partial charge in [0, 0.05) is 0 Å². The lowest BCUT2D eigenvalue weighted by molar-refractivity contribution is -0.134. The summed E-state index contributed by atoms with van der Waals surface area (Å²) in [4.78, 5) is 69.5. The molecule has 0 aromatic heterocycles. The fourth-order valence-electron chi connectivity index (χ4n) is 2.20. The normalized spacial score (nSPS) is 13.4. The van der Waals surface area contributed by atoms with E-state index in [0.29, 0.717) is 0 Å². The number of rotatable bonds is 14. The molecule has 0 heterocycles. The molecule has 0 saturated carbocycles. The van der Waals surface area contributed by atoms with Crippen LogP contribution in [0.5, 0.6) is 0 Å². The average Bonchev–Trinajstić information content (AvgIpc) is 2.71. The highest BCUT2D eigenvalue weighted by molar-refractivity contribution is 5.94. The lowest BCUT2D eigenvalue weighted by Crippen LogP contribution is -2.57. The van der Waals surface area contributed by atoms with E-state index in [9.17, 15) is 33.9 Å². The Morgan fingerprint density at radius 2 is 1.39 bits per heavy atom. The second-order valence-corrected chi connectivity index (χ2v) is 7.14. The second kappa shape index (κ2) is 14.8. The Morgan fingerprint density at radius 1 is 0.839 bits per heavy atom. The number of nitrogens with one attached hydrogen (secondary N) is 5. The van der Waals surface area contributed by atoms with Gasteiger partial charge < -0.3 is 37.4 Å². The Labute approximate surface area is 180 Å². The molecule has 0 unspecified atom stereocenters. The zero-order valence-electron chi connectivity index (χ0n) is 17.8. The first-order valence-corrected chi connectivity index (χ1v) is 9.65. The molecule has 0 spiro atoms.